The molecule has 0 amide bonds. The van der Waals surface area contributed by atoms with Crippen LogP contribution < -0.4 is 10.2 Å². The molecule has 1 aromatic rings. The van der Waals surface area contributed by atoms with Gasteiger partial charge in [-0.15, -0.1) is 0 Å². The van der Waals surface area contributed by atoms with Gasteiger partial charge in [0, 0.05) is 25.3 Å². The first-order chi connectivity index (χ1) is 9.24. The second-order valence-corrected chi connectivity index (χ2v) is 5.84. The largest absolute Gasteiger partial charge is 0.371 e. The van der Waals surface area contributed by atoms with Crippen molar-refractivity contribution < 1.29 is 0 Å². The molecule has 1 unspecified atom stereocenters. The fourth-order valence-electron chi connectivity index (χ4n) is 3.20. The predicted molar refractivity (Wildman–Crippen MR) is 83.8 cm³/mol. The fourth-order valence-corrected chi connectivity index (χ4v) is 3.20. The van der Waals surface area contributed by atoms with E-state index in [9.17, 15) is 0 Å². The Morgan fingerprint density at radius 1 is 1.26 bits per heavy atom. The molecule has 0 saturated carbocycles. The smallest absolute Gasteiger partial charge is 0.0396 e. The lowest BCUT2D eigenvalue weighted by molar-refractivity contribution is 0.459. The third-order valence-electron chi connectivity index (χ3n) is 4.41. The van der Waals surface area contributed by atoms with Crippen molar-refractivity contribution in [2.75, 3.05) is 25.0 Å². The number of nitrogens with one attached hydrogen (secondary N) is 1. The first kappa shape index (κ1) is 14.4. The molecule has 1 atom stereocenters. The van der Waals surface area contributed by atoms with Gasteiger partial charge in [-0.3, -0.25) is 0 Å². The molecular weight excluding hydrogens is 232 g/mol. The van der Waals surface area contributed by atoms with Gasteiger partial charge in [0.2, 0.25) is 0 Å². The highest BCUT2D eigenvalue weighted by Crippen LogP contribution is 2.27. The zero-order valence-electron chi connectivity index (χ0n) is 12.7. The third kappa shape index (κ3) is 3.73. The average Bonchev–Trinajstić information content (AvgIpc) is 2.64. The van der Waals surface area contributed by atoms with Crippen LogP contribution >= 0.6 is 0 Å². The summed E-state index contributed by atoms with van der Waals surface area (Å²) in [6.45, 7) is 7.99. The van der Waals surface area contributed by atoms with E-state index in [0.29, 0.717) is 0 Å². The molecule has 2 heteroatoms. The summed E-state index contributed by atoms with van der Waals surface area (Å²) in [6.07, 6.45) is 5.45. The molecule has 0 spiro atoms. The van der Waals surface area contributed by atoms with Gasteiger partial charge in [0.1, 0.15) is 0 Å². The highest BCUT2D eigenvalue weighted by Gasteiger charge is 2.17. The minimum Gasteiger partial charge on any atom is -0.371 e. The van der Waals surface area contributed by atoms with E-state index in [1.165, 1.54) is 55.6 Å². The topological polar surface area (TPSA) is 15.3 Å². The number of benzene rings is 1. The maximum atomic E-state index is 3.22. The molecule has 0 aliphatic carbocycles. The van der Waals surface area contributed by atoms with Gasteiger partial charge < -0.3 is 10.2 Å². The van der Waals surface area contributed by atoms with Crippen LogP contribution in [0.25, 0.3) is 0 Å². The molecule has 1 aliphatic rings. The summed E-state index contributed by atoms with van der Waals surface area (Å²) in [5, 5.41) is 3.22. The molecule has 2 rings (SSSR count). The Kier molecular flexibility index (Phi) is 5.26. The third-order valence-corrected chi connectivity index (χ3v) is 4.41. The Bertz CT molecular complexity index is 400. The van der Waals surface area contributed by atoms with E-state index < -0.39 is 0 Å². The lowest BCUT2D eigenvalue weighted by Gasteiger charge is -2.25. The lowest BCUT2D eigenvalue weighted by Crippen LogP contribution is -2.25. The summed E-state index contributed by atoms with van der Waals surface area (Å²) >= 11 is 0. The van der Waals surface area contributed by atoms with Crippen molar-refractivity contribution in [3.05, 3.63) is 29.3 Å². The van der Waals surface area contributed by atoms with E-state index in [1.807, 2.05) is 7.05 Å². The Labute approximate surface area is 118 Å². The fraction of sp³-hybridized carbons (Fsp3) is 0.647. The maximum absolute atomic E-state index is 3.22. The van der Waals surface area contributed by atoms with Gasteiger partial charge in [0.25, 0.3) is 0 Å². The highest BCUT2D eigenvalue weighted by molar-refractivity contribution is 5.54. The van der Waals surface area contributed by atoms with Crippen LogP contribution in [0.2, 0.25) is 0 Å². The van der Waals surface area contributed by atoms with E-state index in [1.54, 1.807) is 0 Å². The zero-order valence-corrected chi connectivity index (χ0v) is 12.7. The van der Waals surface area contributed by atoms with Crippen LogP contribution in [0.4, 0.5) is 5.69 Å². The molecular formula is C17H28N2. The summed E-state index contributed by atoms with van der Waals surface area (Å²) in [5.74, 6) is 0.939. The van der Waals surface area contributed by atoms with Gasteiger partial charge in [0.05, 0.1) is 0 Å². The van der Waals surface area contributed by atoms with Gasteiger partial charge in [-0.2, -0.15) is 0 Å². The molecule has 0 bridgehead atoms. The Balaban J connectivity index is 2.08. The molecule has 1 N–H and O–H groups in total. The number of anilines is 1. The number of aryl methyl sites for hydroxylation is 1. The van der Waals surface area contributed by atoms with E-state index in [-0.39, 0.29) is 0 Å². The van der Waals surface area contributed by atoms with E-state index in [2.05, 4.69) is 42.3 Å². The van der Waals surface area contributed by atoms with Crippen LogP contribution in [0.5, 0.6) is 0 Å². The van der Waals surface area contributed by atoms with Crippen LogP contribution in [0.1, 0.15) is 43.7 Å². The minimum atomic E-state index is 0.939. The van der Waals surface area contributed by atoms with Crippen LogP contribution in [-0.4, -0.2) is 20.1 Å². The van der Waals surface area contributed by atoms with Crippen molar-refractivity contribution in [2.45, 2.75) is 46.1 Å². The van der Waals surface area contributed by atoms with E-state index >= 15 is 0 Å². The first-order valence-electron chi connectivity index (χ1n) is 7.73. The second kappa shape index (κ2) is 6.95. The van der Waals surface area contributed by atoms with Gasteiger partial charge >= 0.3 is 0 Å². The van der Waals surface area contributed by atoms with Gasteiger partial charge in [0.15, 0.2) is 0 Å². The van der Waals surface area contributed by atoms with Crippen LogP contribution in [0.15, 0.2) is 18.2 Å². The van der Waals surface area contributed by atoms with Crippen molar-refractivity contribution in [1.82, 2.24) is 5.32 Å². The number of rotatable bonds is 4. The molecule has 0 aromatic heterocycles. The van der Waals surface area contributed by atoms with E-state index in [4.69, 9.17) is 0 Å². The number of hydrogen-bond acceptors (Lipinski definition) is 2. The van der Waals surface area contributed by atoms with Crippen LogP contribution in [-0.2, 0) is 6.54 Å². The minimum absolute atomic E-state index is 0.939. The molecule has 19 heavy (non-hydrogen) atoms. The molecule has 106 valence electrons. The summed E-state index contributed by atoms with van der Waals surface area (Å²) in [7, 11) is 2.00. The molecule has 0 radical (unpaired) electrons. The summed E-state index contributed by atoms with van der Waals surface area (Å²) in [6, 6.07) is 6.91. The summed E-state index contributed by atoms with van der Waals surface area (Å²) in [4.78, 5) is 2.59. The number of hydrogen-bond donors (Lipinski definition) is 1. The van der Waals surface area contributed by atoms with Crippen molar-refractivity contribution in [3.63, 3.8) is 0 Å². The molecule has 1 heterocycles. The quantitative estimate of drug-likeness (QED) is 0.887. The Morgan fingerprint density at radius 3 is 2.79 bits per heavy atom. The van der Waals surface area contributed by atoms with Crippen molar-refractivity contribution >= 4 is 5.69 Å². The molecule has 1 aromatic carbocycles. The zero-order chi connectivity index (χ0) is 13.7. The van der Waals surface area contributed by atoms with Crippen molar-refractivity contribution in [2.24, 2.45) is 5.92 Å². The Morgan fingerprint density at radius 2 is 2.11 bits per heavy atom. The molecule has 1 saturated heterocycles. The normalized spacial score (nSPS) is 20.4. The average molecular weight is 260 g/mol. The molecule has 1 fully saturated rings. The highest BCUT2D eigenvalue weighted by atomic mass is 15.1. The first-order valence-corrected chi connectivity index (χ1v) is 7.73. The van der Waals surface area contributed by atoms with Crippen molar-refractivity contribution in [1.29, 1.82) is 0 Å². The molecule has 1 aliphatic heterocycles. The summed E-state index contributed by atoms with van der Waals surface area (Å²) in [5.41, 5.74) is 4.24. The van der Waals surface area contributed by atoms with Gasteiger partial charge in [-0.05, 0) is 56.3 Å². The SMILES string of the molecule is CCC1CCCN(c2ccc(CNC)cc2C)CC1. The lowest BCUT2D eigenvalue weighted by atomic mass is 9.98. The predicted octanol–water partition coefficient (Wildman–Crippen LogP) is 3.73. The van der Waals surface area contributed by atoms with Crippen molar-refractivity contribution in [3.8, 4) is 0 Å². The van der Waals surface area contributed by atoms with Gasteiger partial charge in [-0.1, -0.05) is 25.5 Å². The standard InChI is InChI=1S/C17H28N2/c1-4-15-6-5-10-19(11-9-15)17-8-7-16(13-18-3)12-14(17)2/h7-8,12,15,18H,4-6,9-11,13H2,1-3H3. The maximum Gasteiger partial charge on any atom is 0.0396 e. The van der Waals surface area contributed by atoms with Crippen LogP contribution in [0, 0.1) is 12.8 Å². The molecule has 2 nitrogen and oxygen atoms in total. The number of nitrogens with zero attached hydrogens (tertiary/aromatic N) is 1. The van der Waals surface area contributed by atoms with Gasteiger partial charge in [-0.25, -0.2) is 0 Å². The Hall–Kier alpha value is -1.02. The van der Waals surface area contributed by atoms with Crippen LogP contribution in [0.3, 0.4) is 0 Å². The summed E-state index contributed by atoms with van der Waals surface area (Å²) < 4.78 is 0. The monoisotopic (exact) mass is 260 g/mol. The van der Waals surface area contributed by atoms with E-state index in [0.717, 1.165) is 12.5 Å². The second-order valence-electron chi connectivity index (χ2n) is 5.84.